The maximum atomic E-state index is 9.86. The zero-order valence-corrected chi connectivity index (χ0v) is 16.2. The molecule has 0 saturated carbocycles. The third-order valence-electron chi connectivity index (χ3n) is 4.33. The minimum absolute atomic E-state index is 0.0669. The van der Waals surface area contributed by atoms with Gasteiger partial charge in [0.05, 0.1) is 23.5 Å². The van der Waals surface area contributed by atoms with Crippen molar-refractivity contribution in [3.63, 3.8) is 0 Å². The fraction of sp³-hybridized carbons (Fsp3) is 0.0952. The van der Waals surface area contributed by atoms with E-state index >= 15 is 0 Å². The largest absolute Gasteiger partial charge is 0.504 e. The standard InChI is InChI=1S/C21H18N4O2S/c1-13-18-20(28-19(13)15-6-4-3-5-7-15)21(23-12-22-18)25-24-11-14-8-9-17(27-2)16(26)10-14/h3-12,26H,1-2H3,(H,22,23,25)/b24-11+. The topological polar surface area (TPSA) is 79.6 Å². The van der Waals surface area contributed by atoms with Crippen LogP contribution in [0.2, 0.25) is 0 Å². The van der Waals surface area contributed by atoms with Crippen molar-refractivity contribution in [2.45, 2.75) is 6.92 Å². The van der Waals surface area contributed by atoms with Crippen LogP contribution in [0.3, 0.4) is 0 Å². The Balaban J connectivity index is 1.63. The minimum atomic E-state index is 0.0669. The predicted octanol–water partition coefficient (Wildman–Crippen LogP) is 4.83. The molecule has 2 aromatic carbocycles. The fourth-order valence-corrected chi connectivity index (χ4v) is 4.13. The first kappa shape index (κ1) is 17.9. The molecule has 7 heteroatoms. The predicted molar refractivity (Wildman–Crippen MR) is 113 cm³/mol. The summed E-state index contributed by atoms with van der Waals surface area (Å²) in [6.45, 7) is 2.07. The van der Waals surface area contributed by atoms with Crippen molar-refractivity contribution in [3.05, 3.63) is 66.0 Å². The van der Waals surface area contributed by atoms with E-state index in [-0.39, 0.29) is 5.75 Å². The van der Waals surface area contributed by atoms with E-state index < -0.39 is 0 Å². The number of hydrogen-bond acceptors (Lipinski definition) is 7. The van der Waals surface area contributed by atoms with Gasteiger partial charge in [-0.15, -0.1) is 11.3 Å². The summed E-state index contributed by atoms with van der Waals surface area (Å²) in [7, 11) is 1.51. The Morgan fingerprint density at radius 3 is 2.71 bits per heavy atom. The van der Waals surface area contributed by atoms with E-state index in [0.29, 0.717) is 11.6 Å². The monoisotopic (exact) mass is 390 g/mol. The molecule has 2 N–H and O–H groups in total. The molecule has 0 amide bonds. The smallest absolute Gasteiger partial charge is 0.167 e. The van der Waals surface area contributed by atoms with Crippen molar-refractivity contribution in [2.24, 2.45) is 5.10 Å². The first-order chi connectivity index (χ1) is 13.7. The number of hydrazone groups is 1. The molecule has 28 heavy (non-hydrogen) atoms. The van der Waals surface area contributed by atoms with Crippen LogP contribution >= 0.6 is 11.3 Å². The summed E-state index contributed by atoms with van der Waals surface area (Å²) in [4.78, 5) is 9.95. The minimum Gasteiger partial charge on any atom is -0.504 e. The highest BCUT2D eigenvalue weighted by Crippen LogP contribution is 2.39. The van der Waals surface area contributed by atoms with E-state index in [9.17, 15) is 5.11 Å². The van der Waals surface area contributed by atoms with Crippen LogP contribution in [-0.4, -0.2) is 28.4 Å². The van der Waals surface area contributed by atoms with Crippen LogP contribution in [0.15, 0.2) is 60.0 Å². The van der Waals surface area contributed by atoms with Crippen LogP contribution in [0.5, 0.6) is 11.5 Å². The lowest BCUT2D eigenvalue weighted by atomic mass is 10.1. The van der Waals surface area contributed by atoms with E-state index in [0.717, 1.165) is 26.9 Å². The number of aromatic hydroxyl groups is 1. The van der Waals surface area contributed by atoms with Gasteiger partial charge in [0.1, 0.15) is 6.33 Å². The Labute approximate surface area is 166 Å². The van der Waals surface area contributed by atoms with Crippen molar-refractivity contribution in [2.75, 3.05) is 12.5 Å². The zero-order valence-electron chi connectivity index (χ0n) is 15.4. The molecule has 0 radical (unpaired) electrons. The second-order valence-electron chi connectivity index (χ2n) is 6.12. The third-order valence-corrected chi connectivity index (χ3v) is 5.66. The number of thiophene rings is 1. The van der Waals surface area contributed by atoms with Gasteiger partial charge in [-0.05, 0) is 41.8 Å². The number of benzene rings is 2. The lowest BCUT2D eigenvalue weighted by molar-refractivity contribution is 0.373. The maximum Gasteiger partial charge on any atom is 0.167 e. The van der Waals surface area contributed by atoms with Gasteiger partial charge in [-0.2, -0.15) is 5.10 Å². The van der Waals surface area contributed by atoms with E-state index in [1.54, 1.807) is 29.7 Å². The number of nitrogens with one attached hydrogen (secondary N) is 1. The zero-order chi connectivity index (χ0) is 19.5. The molecule has 0 unspecified atom stereocenters. The number of ether oxygens (including phenoxy) is 1. The molecule has 140 valence electrons. The molecule has 0 atom stereocenters. The molecule has 0 spiro atoms. The van der Waals surface area contributed by atoms with Crippen molar-refractivity contribution in [1.29, 1.82) is 0 Å². The molecule has 0 aliphatic heterocycles. The lowest BCUT2D eigenvalue weighted by Gasteiger charge is -2.03. The number of methoxy groups -OCH3 is 1. The van der Waals surface area contributed by atoms with E-state index in [1.165, 1.54) is 18.3 Å². The third kappa shape index (κ3) is 3.39. The van der Waals surface area contributed by atoms with E-state index in [4.69, 9.17) is 4.74 Å². The van der Waals surface area contributed by atoms with Gasteiger partial charge >= 0.3 is 0 Å². The molecule has 4 rings (SSSR count). The van der Waals surface area contributed by atoms with Gasteiger partial charge in [0.2, 0.25) is 0 Å². The number of nitrogens with zero attached hydrogens (tertiary/aromatic N) is 3. The summed E-state index contributed by atoms with van der Waals surface area (Å²) in [6.07, 6.45) is 3.15. The summed E-state index contributed by atoms with van der Waals surface area (Å²) in [6, 6.07) is 15.3. The van der Waals surface area contributed by atoms with Gasteiger partial charge < -0.3 is 9.84 Å². The van der Waals surface area contributed by atoms with Crippen molar-refractivity contribution in [1.82, 2.24) is 9.97 Å². The van der Waals surface area contributed by atoms with Crippen LogP contribution in [0.1, 0.15) is 11.1 Å². The van der Waals surface area contributed by atoms with Gasteiger partial charge in [-0.3, -0.25) is 5.43 Å². The van der Waals surface area contributed by atoms with Crippen LogP contribution in [0, 0.1) is 6.92 Å². The van der Waals surface area contributed by atoms with Gasteiger partial charge in [0, 0.05) is 4.88 Å². The van der Waals surface area contributed by atoms with Crippen LogP contribution in [0.25, 0.3) is 20.7 Å². The fourth-order valence-electron chi connectivity index (χ4n) is 2.92. The molecule has 6 nitrogen and oxygen atoms in total. The number of anilines is 1. The molecule has 0 saturated heterocycles. The number of hydrogen-bond donors (Lipinski definition) is 2. The molecular weight excluding hydrogens is 372 g/mol. The molecule has 2 aromatic heterocycles. The van der Waals surface area contributed by atoms with Crippen molar-refractivity contribution in [3.8, 4) is 21.9 Å². The van der Waals surface area contributed by atoms with E-state index in [1.807, 2.05) is 24.3 Å². The molecule has 2 heterocycles. The first-order valence-corrected chi connectivity index (χ1v) is 9.44. The Morgan fingerprint density at radius 1 is 1.14 bits per heavy atom. The van der Waals surface area contributed by atoms with Gasteiger partial charge in [0.15, 0.2) is 17.3 Å². The normalized spacial score (nSPS) is 11.2. The van der Waals surface area contributed by atoms with Gasteiger partial charge in [0.25, 0.3) is 0 Å². The first-order valence-electron chi connectivity index (χ1n) is 8.63. The maximum absolute atomic E-state index is 9.86. The van der Waals surface area contributed by atoms with Gasteiger partial charge in [-0.1, -0.05) is 30.3 Å². The number of phenolic OH excluding ortho intramolecular Hbond substituents is 1. The molecule has 0 aliphatic carbocycles. The van der Waals surface area contributed by atoms with Crippen LogP contribution in [0.4, 0.5) is 5.82 Å². The number of aromatic nitrogens is 2. The van der Waals surface area contributed by atoms with Crippen LogP contribution in [-0.2, 0) is 0 Å². The number of rotatable bonds is 5. The number of aryl methyl sites for hydroxylation is 1. The molecular formula is C21H18N4O2S. The lowest BCUT2D eigenvalue weighted by Crippen LogP contribution is -1.95. The molecule has 0 fully saturated rings. The second kappa shape index (κ2) is 7.66. The Hall–Kier alpha value is -3.45. The van der Waals surface area contributed by atoms with Gasteiger partial charge in [-0.25, -0.2) is 9.97 Å². The molecule has 4 aromatic rings. The molecule has 0 aliphatic rings. The van der Waals surface area contributed by atoms with Crippen molar-refractivity contribution < 1.29 is 9.84 Å². The summed E-state index contributed by atoms with van der Waals surface area (Å²) in [5.74, 6) is 1.14. The summed E-state index contributed by atoms with van der Waals surface area (Å²) in [5.41, 5.74) is 6.93. The summed E-state index contributed by atoms with van der Waals surface area (Å²) in [5, 5.41) is 14.1. The summed E-state index contributed by atoms with van der Waals surface area (Å²) < 4.78 is 6.00. The highest BCUT2D eigenvalue weighted by Gasteiger charge is 2.14. The highest BCUT2D eigenvalue weighted by atomic mass is 32.1. The SMILES string of the molecule is COc1ccc(/C=N/Nc2ncnc3c(C)c(-c4ccccc4)sc23)cc1O. The quantitative estimate of drug-likeness (QED) is 0.377. The second-order valence-corrected chi connectivity index (χ2v) is 7.14. The van der Waals surface area contributed by atoms with Crippen molar-refractivity contribution >= 4 is 33.6 Å². The molecule has 0 bridgehead atoms. The Bertz CT molecular complexity index is 1160. The Kier molecular flexibility index (Phi) is 4.90. The average Bonchev–Trinajstić information content (AvgIpc) is 3.06. The number of phenols is 1. The van der Waals surface area contributed by atoms with E-state index in [2.05, 4.69) is 39.6 Å². The number of fused-ring (bicyclic) bond motifs is 1. The highest BCUT2D eigenvalue weighted by molar-refractivity contribution is 7.23. The van der Waals surface area contributed by atoms with Crippen LogP contribution < -0.4 is 10.2 Å². The average molecular weight is 390 g/mol. The summed E-state index contributed by atoms with van der Waals surface area (Å²) >= 11 is 1.64. The Morgan fingerprint density at radius 2 is 1.96 bits per heavy atom.